The van der Waals surface area contributed by atoms with Crippen LogP contribution in [0.25, 0.3) is 0 Å². The third kappa shape index (κ3) is 4.71. The summed E-state index contributed by atoms with van der Waals surface area (Å²) in [6, 6.07) is 8.13. The van der Waals surface area contributed by atoms with E-state index in [2.05, 4.69) is 41.1 Å². The highest BCUT2D eigenvalue weighted by atomic mass is 16.5. The first-order valence-corrected chi connectivity index (χ1v) is 9.05. The van der Waals surface area contributed by atoms with Crippen molar-refractivity contribution < 1.29 is 9.53 Å². The van der Waals surface area contributed by atoms with Crippen LogP contribution in [0.1, 0.15) is 20.3 Å². The smallest absolute Gasteiger partial charge is 0.238 e. The number of morpholine rings is 1. The van der Waals surface area contributed by atoms with Crippen molar-refractivity contribution in [3.05, 3.63) is 24.3 Å². The lowest BCUT2D eigenvalue weighted by atomic mass is 9.92. The van der Waals surface area contributed by atoms with Gasteiger partial charge in [0.05, 0.1) is 19.8 Å². The van der Waals surface area contributed by atoms with Crippen LogP contribution >= 0.6 is 0 Å². The van der Waals surface area contributed by atoms with Gasteiger partial charge < -0.3 is 15.0 Å². The van der Waals surface area contributed by atoms with E-state index in [4.69, 9.17) is 4.74 Å². The minimum absolute atomic E-state index is 0.0791. The minimum atomic E-state index is 0.0791. The predicted molar refractivity (Wildman–Crippen MR) is 97.5 cm³/mol. The SMILES string of the molecule is C[C@@H]1C[C@@H](C)CN(CC(=O)Nc2ccc(N3CCOCC3)cc2)C1. The number of benzene rings is 1. The highest BCUT2D eigenvalue weighted by Gasteiger charge is 2.23. The number of rotatable bonds is 4. The van der Waals surface area contributed by atoms with Crippen molar-refractivity contribution >= 4 is 17.3 Å². The molecular weight excluding hydrogens is 302 g/mol. The van der Waals surface area contributed by atoms with Gasteiger partial charge in [-0.3, -0.25) is 9.69 Å². The molecular formula is C19H29N3O2. The van der Waals surface area contributed by atoms with Crippen LogP contribution in [0.5, 0.6) is 0 Å². The average Bonchev–Trinajstić information content (AvgIpc) is 2.55. The third-order valence-electron chi connectivity index (χ3n) is 4.84. The fourth-order valence-electron chi connectivity index (χ4n) is 3.90. The van der Waals surface area contributed by atoms with Crippen LogP contribution in [0.2, 0.25) is 0 Å². The van der Waals surface area contributed by atoms with Crippen LogP contribution in [-0.2, 0) is 9.53 Å². The molecule has 1 amide bonds. The molecule has 1 aromatic carbocycles. The van der Waals surface area contributed by atoms with Gasteiger partial charge >= 0.3 is 0 Å². The summed E-state index contributed by atoms with van der Waals surface area (Å²) in [7, 11) is 0. The van der Waals surface area contributed by atoms with Gasteiger partial charge in [0.2, 0.25) is 5.91 Å². The predicted octanol–water partition coefficient (Wildman–Crippen LogP) is 2.44. The van der Waals surface area contributed by atoms with E-state index in [1.54, 1.807) is 0 Å². The molecule has 0 aliphatic carbocycles. The molecule has 2 aliphatic heterocycles. The lowest BCUT2D eigenvalue weighted by Crippen LogP contribution is -2.42. The number of anilines is 2. The number of hydrogen-bond acceptors (Lipinski definition) is 4. The van der Waals surface area contributed by atoms with E-state index in [9.17, 15) is 4.79 Å². The number of likely N-dealkylation sites (tertiary alicyclic amines) is 1. The molecule has 0 bridgehead atoms. The second-order valence-electron chi connectivity index (χ2n) is 7.33. The molecule has 0 spiro atoms. The number of nitrogens with one attached hydrogen (secondary N) is 1. The van der Waals surface area contributed by atoms with Gasteiger partial charge in [-0.1, -0.05) is 13.8 Å². The van der Waals surface area contributed by atoms with E-state index in [-0.39, 0.29) is 5.91 Å². The first-order chi connectivity index (χ1) is 11.6. The van der Waals surface area contributed by atoms with Gasteiger partial charge in [-0.15, -0.1) is 0 Å². The Hall–Kier alpha value is -1.59. The van der Waals surface area contributed by atoms with Crippen molar-refractivity contribution in [1.29, 1.82) is 0 Å². The fourth-order valence-corrected chi connectivity index (χ4v) is 3.90. The molecule has 2 atom stereocenters. The van der Waals surface area contributed by atoms with Gasteiger partial charge in [-0.25, -0.2) is 0 Å². The molecule has 5 heteroatoms. The van der Waals surface area contributed by atoms with E-state index in [1.165, 1.54) is 12.1 Å². The second-order valence-corrected chi connectivity index (χ2v) is 7.33. The van der Waals surface area contributed by atoms with E-state index in [1.807, 2.05) is 12.1 Å². The Kier molecular flexibility index (Phi) is 5.74. The van der Waals surface area contributed by atoms with Gasteiger partial charge in [0.25, 0.3) is 0 Å². The molecule has 0 unspecified atom stereocenters. The van der Waals surface area contributed by atoms with Gasteiger partial charge in [-0.05, 0) is 42.5 Å². The van der Waals surface area contributed by atoms with Crippen molar-refractivity contribution in [3.63, 3.8) is 0 Å². The van der Waals surface area contributed by atoms with Crippen molar-refractivity contribution in [2.24, 2.45) is 11.8 Å². The van der Waals surface area contributed by atoms with Gasteiger partial charge in [-0.2, -0.15) is 0 Å². The number of carbonyl (C=O) groups excluding carboxylic acids is 1. The van der Waals surface area contributed by atoms with E-state index in [0.717, 1.165) is 45.1 Å². The highest BCUT2D eigenvalue weighted by molar-refractivity contribution is 5.92. The summed E-state index contributed by atoms with van der Waals surface area (Å²) in [5, 5.41) is 3.03. The summed E-state index contributed by atoms with van der Waals surface area (Å²) in [5.74, 6) is 1.43. The zero-order valence-electron chi connectivity index (χ0n) is 14.8. The van der Waals surface area contributed by atoms with E-state index >= 15 is 0 Å². The van der Waals surface area contributed by atoms with Crippen LogP contribution in [0.15, 0.2) is 24.3 Å². The highest BCUT2D eigenvalue weighted by Crippen LogP contribution is 2.21. The summed E-state index contributed by atoms with van der Waals surface area (Å²) >= 11 is 0. The third-order valence-corrected chi connectivity index (χ3v) is 4.84. The minimum Gasteiger partial charge on any atom is -0.378 e. The summed E-state index contributed by atoms with van der Waals surface area (Å²) in [6.07, 6.45) is 1.27. The Balaban J connectivity index is 1.50. The van der Waals surface area contributed by atoms with Crippen molar-refractivity contribution in [1.82, 2.24) is 4.90 Å². The van der Waals surface area contributed by atoms with Crippen molar-refractivity contribution in [3.8, 4) is 0 Å². The van der Waals surface area contributed by atoms with Crippen LogP contribution < -0.4 is 10.2 Å². The zero-order chi connectivity index (χ0) is 16.9. The molecule has 5 nitrogen and oxygen atoms in total. The second kappa shape index (κ2) is 7.99. The molecule has 1 aromatic rings. The Morgan fingerprint density at radius 1 is 1.12 bits per heavy atom. The molecule has 3 rings (SSSR count). The standard InChI is InChI=1S/C19H29N3O2/c1-15-11-16(2)13-21(12-15)14-19(23)20-17-3-5-18(6-4-17)22-7-9-24-10-8-22/h3-6,15-16H,7-14H2,1-2H3,(H,20,23)/t15-,16-/m1/s1. The van der Waals surface area contributed by atoms with Crippen LogP contribution in [-0.4, -0.2) is 56.7 Å². The quantitative estimate of drug-likeness (QED) is 0.920. The molecule has 0 radical (unpaired) electrons. The Labute approximate surface area is 145 Å². The maximum absolute atomic E-state index is 12.3. The number of ether oxygens (including phenoxy) is 1. The summed E-state index contributed by atoms with van der Waals surface area (Å²) in [5.41, 5.74) is 2.06. The first-order valence-electron chi connectivity index (χ1n) is 9.05. The maximum atomic E-state index is 12.3. The van der Waals surface area contributed by atoms with Crippen LogP contribution in [0.4, 0.5) is 11.4 Å². The molecule has 2 heterocycles. The molecule has 1 N–H and O–H groups in total. The molecule has 2 saturated heterocycles. The van der Waals surface area contributed by atoms with Gasteiger partial charge in [0, 0.05) is 37.6 Å². The monoisotopic (exact) mass is 331 g/mol. The zero-order valence-corrected chi connectivity index (χ0v) is 14.8. The van der Waals surface area contributed by atoms with Gasteiger partial charge in [0.15, 0.2) is 0 Å². The molecule has 132 valence electrons. The Morgan fingerprint density at radius 2 is 1.75 bits per heavy atom. The van der Waals surface area contributed by atoms with E-state index in [0.29, 0.717) is 18.4 Å². The normalized spacial score (nSPS) is 25.5. The number of piperidine rings is 1. The summed E-state index contributed by atoms with van der Waals surface area (Å²) in [4.78, 5) is 16.9. The molecule has 24 heavy (non-hydrogen) atoms. The number of carbonyl (C=O) groups is 1. The average molecular weight is 331 g/mol. The summed E-state index contributed by atoms with van der Waals surface area (Å²) < 4.78 is 5.38. The molecule has 2 aliphatic rings. The fraction of sp³-hybridized carbons (Fsp3) is 0.632. The van der Waals surface area contributed by atoms with Gasteiger partial charge in [0.1, 0.15) is 0 Å². The first kappa shape index (κ1) is 17.2. The topological polar surface area (TPSA) is 44.8 Å². The number of hydrogen-bond donors (Lipinski definition) is 1. The number of nitrogens with zero attached hydrogens (tertiary/aromatic N) is 2. The number of amides is 1. The largest absolute Gasteiger partial charge is 0.378 e. The molecule has 0 saturated carbocycles. The van der Waals surface area contributed by atoms with Crippen LogP contribution in [0.3, 0.4) is 0 Å². The van der Waals surface area contributed by atoms with Crippen LogP contribution in [0, 0.1) is 11.8 Å². The van der Waals surface area contributed by atoms with E-state index < -0.39 is 0 Å². The Morgan fingerprint density at radius 3 is 2.38 bits per heavy atom. The lowest BCUT2D eigenvalue weighted by molar-refractivity contribution is -0.117. The lowest BCUT2D eigenvalue weighted by Gasteiger charge is -2.34. The molecule has 2 fully saturated rings. The van der Waals surface area contributed by atoms with Crippen molar-refractivity contribution in [2.75, 3.05) is 56.2 Å². The van der Waals surface area contributed by atoms with Crippen molar-refractivity contribution in [2.45, 2.75) is 20.3 Å². The summed E-state index contributed by atoms with van der Waals surface area (Å²) in [6.45, 7) is 10.5. The maximum Gasteiger partial charge on any atom is 0.238 e. The molecule has 0 aromatic heterocycles. The Bertz CT molecular complexity index is 530.